The maximum atomic E-state index is 11.1. The van der Waals surface area contributed by atoms with E-state index >= 15 is 0 Å². The number of hydrogen-bond acceptors (Lipinski definition) is 1. The predicted octanol–water partition coefficient (Wildman–Crippen LogP) is 2.18. The van der Waals surface area contributed by atoms with Crippen LogP contribution in [0.4, 0.5) is 0 Å². The summed E-state index contributed by atoms with van der Waals surface area (Å²) >= 11 is 0. The molecule has 1 nitrogen and oxygen atoms in total. The van der Waals surface area contributed by atoms with Crippen LogP contribution >= 0.6 is 0 Å². The van der Waals surface area contributed by atoms with Gasteiger partial charge in [0.2, 0.25) is 0 Å². The molecule has 1 aliphatic carbocycles. The fourth-order valence-electron chi connectivity index (χ4n) is 0.880. The van der Waals surface area contributed by atoms with Crippen LogP contribution in [-0.2, 0) is 4.79 Å². The van der Waals surface area contributed by atoms with E-state index in [1.54, 1.807) is 6.08 Å². The van der Waals surface area contributed by atoms with Gasteiger partial charge in [0.1, 0.15) is 0 Å². The number of hydrogen-bond donors (Lipinski definition) is 0. The number of ketones is 1. The quantitative estimate of drug-likeness (QED) is 0.546. The lowest BCUT2D eigenvalue weighted by molar-refractivity contribution is -0.111. The summed E-state index contributed by atoms with van der Waals surface area (Å²) in [6.07, 6.45) is 11.6. The van der Waals surface area contributed by atoms with Crippen LogP contribution in [0, 0.1) is 0 Å². The van der Waals surface area contributed by atoms with E-state index < -0.39 is 0 Å². The molecule has 0 spiro atoms. The molecule has 0 unspecified atom stereocenters. The summed E-state index contributed by atoms with van der Waals surface area (Å²) < 4.78 is 0. The van der Waals surface area contributed by atoms with Crippen molar-refractivity contribution < 1.29 is 4.79 Å². The third kappa shape index (κ3) is 2.04. The lowest BCUT2D eigenvalue weighted by atomic mass is 10.1. The van der Waals surface area contributed by atoms with Crippen LogP contribution in [0.5, 0.6) is 0 Å². The van der Waals surface area contributed by atoms with Crippen molar-refractivity contribution in [2.45, 2.75) is 6.42 Å². The highest BCUT2D eigenvalue weighted by molar-refractivity contribution is 6.05. The average Bonchev–Trinajstić information content (AvgIpc) is 2.30. The largest absolute Gasteiger partial charge is 0.289 e. The van der Waals surface area contributed by atoms with Gasteiger partial charge in [-0.15, -0.1) is 0 Å². The molecule has 0 saturated heterocycles. The molecule has 0 radical (unpaired) electrons. The van der Waals surface area contributed by atoms with E-state index in [4.69, 9.17) is 0 Å². The van der Waals surface area contributed by atoms with Crippen molar-refractivity contribution in [3.8, 4) is 0 Å². The summed E-state index contributed by atoms with van der Waals surface area (Å²) in [5.41, 5.74) is 0.727. The maximum Gasteiger partial charge on any atom is 0.184 e. The summed E-state index contributed by atoms with van der Waals surface area (Å²) in [5.74, 6) is -0.00931. The fourth-order valence-corrected chi connectivity index (χ4v) is 0.880. The van der Waals surface area contributed by atoms with Gasteiger partial charge in [0.25, 0.3) is 0 Å². The number of allylic oxidation sites excluding steroid dienone is 7. The molecule has 1 rings (SSSR count). The van der Waals surface area contributed by atoms with Gasteiger partial charge in [-0.3, -0.25) is 4.79 Å². The normalized spacial score (nSPS) is 15.5. The fraction of sp³-hybridized carbons (Fsp3) is 0.100. The molecule has 0 aromatic heterocycles. The molecule has 1 aliphatic rings. The first kappa shape index (κ1) is 7.73. The van der Waals surface area contributed by atoms with Gasteiger partial charge in [0, 0.05) is 5.57 Å². The molecule has 0 bridgehead atoms. The molecule has 0 amide bonds. The second kappa shape index (κ2) is 3.71. The highest BCUT2D eigenvalue weighted by atomic mass is 16.1. The summed E-state index contributed by atoms with van der Waals surface area (Å²) in [4.78, 5) is 11.1. The van der Waals surface area contributed by atoms with Gasteiger partial charge < -0.3 is 0 Å². The molecule has 0 atom stereocenters. The molecule has 0 fully saturated rings. The Morgan fingerprint density at radius 1 is 1.55 bits per heavy atom. The van der Waals surface area contributed by atoms with Crippen LogP contribution in [0.1, 0.15) is 6.42 Å². The highest BCUT2D eigenvalue weighted by Crippen LogP contribution is 2.06. The minimum absolute atomic E-state index is 0.00931. The van der Waals surface area contributed by atoms with E-state index in [0.717, 1.165) is 12.0 Å². The Hall–Kier alpha value is -1.37. The van der Waals surface area contributed by atoms with Gasteiger partial charge in [-0.2, -0.15) is 0 Å². The molecule has 11 heavy (non-hydrogen) atoms. The Bertz CT molecular complexity index is 254. The zero-order valence-electron chi connectivity index (χ0n) is 6.29. The summed E-state index contributed by atoms with van der Waals surface area (Å²) in [6, 6.07) is 0. The molecule has 0 aromatic carbocycles. The monoisotopic (exact) mass is 146 g/mol. The molecular weight excluding hydrogens is 136 g/mol. The van der Waals surface area contributed by atoms with Crippen LogP contribution < -0.4 is 0 Å². The van der Waals surface area contributed by atoms with Crippen molar-refractivity contribution in [2.24, 2.45) is 0 Å². The molecule has 0 heterocycles. The van der Waals surface area contributed by atoms with Crippen molar-refractivity contribution in [1.82, 2.24) is 0 Å². The van der Waals surface area contributed by atoms with Gasteiger partial charge in [0.05, 0.1) is 0 Å². The van der Waals surface area contributed by atoms with Crippen LogP contribution in [0.2, 0.25) is 0 Å². The molecule has 1 heteroatoms. The molecule has 0 saturated carbocycles. The Labute approximate surface area is 66.4 Å². The Balaban J connectivity index is 2.80. The number of carbonyl (C=O) groups is 1. The van der Waals surface area contributed by atoms with Crippen LogP contribution in [-0.4, -0.2) is 5.78 Å². The van der Waals surface area contributed by atoms with Crippen molar-refractivity contribution >= 4 is 5.78 Å². The second-order valence-corrected chi connectivity index (χ2v) is 2.25. The first-order chi connectivity index (χ1) is 5.34. The average molecular weight is 146 g/mol. The first-order valence-corrected chi connectivity index (χ1v) is 3.54. The van der Waals surface area contributed by atoms with Gasteiger partial charge in [0.15, 0.2) is 5.78 Å². The third-order valence-corrected chi connectivity index (χ3v) is 1.47. The van der Waals surface area contributed by atoms with Gasteiger partial charge in [-0.1, -0.05) is 37.0 Å². The topological polar surface area (TPSA) is 17.1 Å². The first-order valence-electron chi connectivity index (χ1n) is 3.54. The van der Waals surface area contributed by atoms with E-state index in [9.17, 15) is 4.79 Å². The summed E-state index contributed by atoms with van der Waals surface area (Å²) in [5, 5.41) is 0. The van der Waals surface area contributed by atoms with Gasteiger partial charge >= 0.3 is 0 Å². The number of rotatable bonds is 2. The summed E-state index contributed by atoms with van der Waals surface area (Å²) in [6.45, 7) is 3.42. The maximum absolute atomic E-state index is 11.1. The van der Waals surface area contributed by atoms with E-state index in [1.807, 2.05) is 24.3 Å². The molecule has 0 N–H and O–H groups in total. The molecule has 56 valence electrons. The van der Waals surface area contributed by atoms with Crippen LogP contribution in [0.3, 0.4) is 0 Å². The van der Waals surface area contributed by atoms with Crippen molar-refractivity contribution in [2.75, 3.05) is 0 Å². The minimum atomic E-state index is -0.00931. The smallest absolute Gasteiger partial charge is 0.184 e. The minimum Gasteiger partial charge on any atom is -0.289 e. The SMILES string of the molecule is C=CC(=O)C1=CCC=CC=C1. The van der Waals surface area contributed by atoms with Crippen molar-refractivity contribution in [3.05, 3.63) is 48.6 Å². The van der Waals surface area contributed by atoms with E-state index in [-0.39, 0.29) is 5.78 Å². The van der Waals surface area contributed by atoms with Crippen LogP contribution in [0.15, 0.2) is 48.6 Å². The lowest BCUT2D eigenvalue weighted by Gasteiger charge is -1.91. The predicted molar refractivity (Wildman–Crippen MR) is 46.2 cm³/mol. The Morgan fingerprint density at radius 2 is 2.36 bits per heavy atom. The standard InChI is InChI=1S/C10H10O/c1-2-10(11)9-7-5-3-4-6-8-9/h2-5,7-8H,1,6H2. The zero-order chi connectivity index (χ0) is 8.10. The lowest BCUT2D eigenvalue weighted by Crippen LogP contribution is -1.93. The van der Waals surface area contributed by atoms with Crippen molar-refractivity contribution in [1.29, 1.82) is 0 Å². The third-order valence-electron chi connectivity index (χ3n) is 1.47. The molecule has 0 aliphatic heterocycles. The second-order valence-electron chi connectivity index (χ2n) is 2.25. The molecular formula is C10H10O. The van der Waals surface area contributed by atoms with Crippen LogP contribution in [0.25, 0.3) is 0 Å². The number of carbonyl (C=O) groups excluding carboxylic acids is 1. The van der Waals surface area contributed by atoms with E-state index in [1.165, 1.54) is 6.08 Å². The highest BCUT2D eigenvalue weighted by Gasteiger charge is 2.00. The zero-order valence-corrected chi connectivity index (χ0v) is 6.29. The van der Waals surface area contributed by atoms with Crippen molar-refractivity contribution in [3.63, 3.8) is 0 Å². The van der Waals surface area contributed by atoms with E-state index in [2.05, 4.69) is 6.58 Å². The Morgan fingerprint density at radius 3 is 3.09 bits per heavy atom. The van der Waals surface area contributed by atoms with E-state index in [0.29, 0.717) is 0 Å². The van der Waals surface area contributed by atoms with Gasteiger partial charge in [-0.05, 0) is 12.5 Å². The Kier molecular flexibility index (Phi) is 2.61. The summed E-state index contributed by atoms with van der Waals surface area (Å²) in [7, 11) is 0. The van der Waals surface area contributed by atoms with Gasteiger partial charge in [-0.25, -0.2) is 0 Å². The molecule has 0 aromatic rings.